The molecule has 0 bridgehead atoms. The molecule has 2 heterocycles. The van der Waals surface area contributed by atoms with E-state index in [-0.39, 0.29) is 18.4 Å². The monoisotopic (exact) mass is 284 g/mol. The molecule has 2 rings (SSSR count). The summed E-state index contributed by atoms with van der Waals surface area (Å²) < 4.78 is 5.21. The van der Waals surface area contributed by atoms with Crippen LogP contribution in [0.25, 0.3) is 0 Å². The topological polar surface area (TPSA) is 59.1 Å². The highest BCUT2D eigenvalue weighted by Crippen LogP contribution is 2.15. The number of hydrogen-bond donors (Lipinski definition) is 0. The standard InChI is InChI=1S/C14H24N2O4/c1-19-12-7-3-5-8-15(14(12)18)11-13(17)16-9-4-2-6-10-20-16/h12H,2-11H2,1H3. The molecule has 2 aliphatic rings. The van der Waals surface area contributed by atoms with Crippen LogP contribution in [-0.4, -0.2) is 61.2 Å². The Bertz CT molecular complexity index is 340. The van der Waals surface area contributed by atoms with Crippen LogP contribution < -0.4 is 0 Å². The highest BCUT2D eigenvalue weighted by Gasteiger charge is 2.29. The number of methoxy groups -OCH3 is 1. The Labute approximate surface area is 119 Å². The summed E-state index contributed by atoms with van der Waals surface area (Å²) in [5, 5.41) is 1.42. The minimum atomic E-state index is -0.407. The van der Waals surface area contributed by atoms with E-state index < -0.39 is 6.10 Å². The van der Waals surface area contributed by atoms with Crippen LogP contribution in [0.4, 0.5) is 0 Å². The Morgan fingerprint density at radius 3 is 2.85 bits per heavy atom. The van der Waals surface area contributed by atoms with Crippen LogP contribution in [0.5, 0.6) is 0 Å². The fourth-order valence-electron chi connectivity index (χ4n) is 2.66. The van der Waals surface area contributed by atoms with Crippen molar-refractivity contribution in [2.45, 2.75) is 44.6 Å². The molecular weight excluding hydrogens is 260 g/mol. The van der Waals surface area contributed by atoms with Gasteiger partial charge in [0.2, 0.25) is 0 Å². The quantitative estimate of drug-likeness (QED) is 0.774. The molecular formula is C14H24N2O4. The summed E-state index contributed by atoms with van der Waals surface area (Å²) in [5.41, 5.74) is 0. The number of ether oxygens (including phenoxy) is 1. The maximum Gasteiger partial charge on any atom is 0.265 e. The molecule has 6 heteroatoms. The van der Waals surface area contributed by atoms with Gasteiger partial charge < -0.3 is 9.64 Å². The first-order chi connectivity index (χ1) is 9.72. The van der Waals surface area contributed by atoms with E-state index in [1.54, 1.807) is 12.0 Å². The first-order valence-corrected chi connectivity index (χ1v) is 7.47. The van der Waals surface area contributed by atoms with Gasteiger partial charge in [0, 0.05) is 20.2 Å². The van der Waals surface area contributed by atoms with E-state index in [1.165, 1.54) is 5.06 Å². The summed E-state index contributed by atoms with van der Waals surface area (Å²) in [6.07, 6.45) is 5.22. The zero-order chi connectivity index (χ0) is 14.4. The second-order valence-electron chi connectivity index (χ2n) is 5.37. The molecule has 0 N–H and O–H groups in total. The van der Waals surface area contributed by atoms with Crippen molar-refractivity contribution >= 4 is 11.8 Å². The molecule has 2 amide bonds. The molecule has 2 aliphatic heterocycles. The molecule has 0 aliphatic carbocycles. The van der Waals surface area contributed by atoms with Crippen molar-refractivity contribution in [1.82, 2.24) is 9.96 Å². The summed E-state index contributed by atoms with van der Waals surface area (Å²) in [6.45, 7) is 1.92. The van der Waals surface area contributed by atoms with Gasteiger partial charge in [-0.3, -0.25) is 14.4 Å². The predicted molar refractivity (Wildman–Crippen MR) is 72.7 cm³/mol. The average Bonchev–Trinajstić information content (AvgIpc) is 2.81. The van der Waals surface area contributed by atoms with Crippen molar-refractivity contribution in [2.24, 2.45) is 0 Å². The van der Waals surface area contributed by atoms with Crippen LogP contribution in [0, 0.1) is 0 Å². The summed E-state index contributed by atoms with van der Waals surface area (Å²) in [6, 6.07) is 0. The van der Waals surface area contributed by atoms with Gasteiger partial charge in [-0.05, 0) is 38.5 Å². The minimum absolute atomic E-state index is 0.0758. The lowest BCUT2D eigenvalue weighted by atomic mass is 10.2. The molecule has 0 radical (unpaired) electrons. The lowest BCUT2D eigenvalue weighted by Crippen LogP contribution is -2.46. The van der Waals surface area contributed by atoms with Gasteiger partial charge in [-0.2, -0.15) is 0 Å². The summed E-state index contributed by atoms with van der Waals surface area (Å²) >= 11 is 0. The van der Waals surface area contributed by atoms with Crippen LogP contribution in [0.2, 0.25) is 0 Å². The van der Waals surface area contributed by atoms with Gasteiger partial charge in [-0.1, -0.05) is 0 Å². The van der Waals surface area contributed by atoms with Crippen LogP contribution in [0.15, 0.2) is 0 Å². The third-order valence-corrected chi connectivity index (χ3v) is 3.87. The van der Waals surface area contributed by atoms with Crippen LogP contribution in [0.1, 0.15) is 38.5 Å². The van der Waals surface area contributed by atoms with E-state index in [0.717, 1.165) is 38.5 Å². The Morgan fingerprint density at radius 2 is 2.05 bits per heavy atom. The van der Waals surface area contributed by atoms with Gasteiger partial charge in [-0.25, -0.2) is 5.06 Å². The van der Waals surface area contributed by atoms with Crippen molar-refractivity contribution < 1.29 is 19.2 Å². The lowest BCUT2D eigenvalue weighted by Gasteiger charge is -2.26. The molecule has 1 atom stereocenters. The van der Waals surface area contributed by atoms with Crippen LogP contribution >= 0.6 is 0 Å². The maximum atomic E-state index is 12.3. The summed E-state index contributed by atoms with van der Waals surface area (Å²) in [7, 11) is 1.55. The number of carbonyl (C=O) groups excluding carboxylic acids is 2. The zero-order valence-electron chi connectivity index (χ0n) is 12.2. The molecule has 0 aromatic heterocycles. The van der Waals surface area contributed by atoms with Crippen LogP contribution in [0.3, 0.4) is 0 Å². The first-order valence-electron chi connectivity index (χ1n) is 7.47. The molecule has 2 fully saturated rings. The number of hydroxylamine groups is 2. The number of hydrogen-bond acceptors (Lipinski definition) is 4. The molecule has 0 saturated carbocycles. The zero-order valence-corrected chi connectivity index (χ0v) is 12.2. The van der Waals surface area contributed by atoms with E-state index >= 15 is 0 Å². The number of amides is 2. The molecule has 114 valence electrons. The Kier molecular flexibility index (Phi) is 5.79. The second-order valence-corrected chi connectivity index (χ2v) is 5.37. The SMILES string of the molecule is COC1CCCCN(CC(=O)N2CCCCCO2)C1=O. The van der Waals surface area contributed by atoms with Gasteiger partial charge in [0.05, 0.1) is 6.61 Å². The number of rotatable bonds is 3. The average molecular weight is 284 g/mol. The summed E-state index contributed by atoms with van der Waals surface area (Å²) in [5.74, 6) is -0.204. The third kappa shape index (κ3) is 3.93. The number of likely N-dealkylation sites (tertiary alicyclic amines) is 1. The van der Waals surface area contributed by atoms with Gasteiger partial charge in [0.1, 0.15) is 12.6 Å². The van der Waals surface area contributed by atoms with E-state index in [9.17, 15) is 9.59 Å². The summed E-state index contributed by atoms with van der Waals surface area (Å²) in [4.78, 5) is 31.5. The fourth-order valence-corrected chi connectivity index (χ4v) is 2.66. The molecule has 2 saturated heterocycles. The third-order valence-electron chi connectivity index (χ3n) is 3.87. The molecule has 1 unspecified atom stereocenters. The highest BCUT2D eigenvalue weighted by molar-refractivity contribution is 5.86. The van der Waals surface area contributed by atoms with E-state index in [4.69, 9.17) is 9.57 Å². The molecule has 20 heavy (non-hydrogen) atoms. The minimum Gasteiger partial charge on any atom is -0.372 e. The van der Waals surface area contributed by atoms with E-state index in [1.807, 2.05) is 0 Å². The molecule has 0 aromatic carbocycles. The van der Waals surface area contributed by atoms with Gasteiger partial charge in [0.25, 0.3) is 11.8 Å². The Hall–Kier alpha value is -1.14. The normalized spacial score (nSPS) is 25.2. The van der Waals surface area contributed by atoms with Crippen LogP contribution in [-0.2, 0) is 19.2 Å². The molecule has 0 aromatic rings. The van der Waals surface area contributed by atoms with Crippen molar-refractivity contribution in [2.75, 3.05) is 33.4 Å². The Morgan fingerprint density at radius 1 is 1.25 bits per heavy atom. The van der Waals surface area contributed by atoms with Crippen molar-refractivity contribution in [1.29, 1.82) is 0 Å². The van der Waals surface area contributed by atoms with Crippen molar-refractivity contribution in [3.8, 4) is 0 Å². The van der Waals surface area contributed by atoms with Gasteiger partial charge in [-0.15, -0.1) is 0 Å². The lowest BCUT2D eigenvalue weighted by molar-refractivity contribution is -0.185. The molecule has 6 nitrogen and oxygen atoms in total. The molecule has 0 spiro atoms. The number of carbonyl (C=O) groups is 2. The second kappa shape index (κ2) is 7.59. The maximum absolute atomic E-state index is 12.3. The first kappa shape index (κ1) is 15.3. The predicted octanol–water partition coefficient (Wildman–Crippen LogP) is 0.958. The van der Waals surface area contributed by atoms with Gasteiger partial charge >= 0.3 is 0 Å². The van der Waals surface area contributed by atoms with E-state index in [0.29, 0.717) is 19.7 Å². The van der Waals surface area contributed by atoms with Crippen molar-refractivity contribution in [3.05, 3.63) is 0 Å². The Balaban J connectivity index is 1.92. The van der Waals surface area contributed by atoms with Gasteiger partial charge in [0.15, 0.2) is 0 Å². The van der Waals surface area contributed by atoms with Crippen molar-refractivity contribution in [3.63, 3.8) is 0 Å². The largest absolute Gasteiger partial charge is 0.372 e. The number of nitrogens with zero attached hydrogens (tertiary/aromatic N) is 2. The van der Waals surface area contributed by atoms with E-state index in [2.05, 4.69) is 0 Å². The highest BCUT2D eigenvalue weighted by atomic mass is 16.7. The fraction of sp³-hybridized carbons (Fsp3) is 0.857. The smallest absolute Gasteiger partial charge is 0.265 e.